The molecule has 0 aromatic carbocycles. The summed E-state index contributed by atoms with van der Waals surface area (Å²) in [6.07, 6.45) is 4.60. The van der Waals surface area contributed by atoms with Crippen LogP contribution in [-0.4, -0.2) is 30.0 Å². The smallest absolute Gasteiger partial charge is 0.220 e. The van der Waals surface area contributed by atoms with Gasteiger partial charge < -0.3 is 16.0 Å². The van der Waals surface area contributed by atoms with Gasteiger partial charge in [0.25, 0.3) is 0 Å². The number of fused-ring (bicyclic) bond motifs is 1. The van der Waals surface area contributed by atoms with Crippen LogP contribution in [0.2, 0.25) is 0 Å². The van der Waals surface area contributed by atoms with E-state index in [1.54, 1.807) is 0 Å². The van der Waals surface area contributed by atoms with Gasteiger partial charge in [-0.2, -0.15) is 0 Å². The highest BCUT2D eigenvalue weighted by atomic mass is 16.1. The Balaban J connectivity index is 1.68. The Morgan fingerprint density at radius 2 is 2.30 bits per heavy atom. The van der Waals surface area contributed by atoms with Gasteiger partial charge in [0.1, 0.15) is 0 Å². The quantitative estimate of drug-likeness (QED) is 0.850. The van der Waals surface area contributed by atoms with E-state index >= 15 is 0 Å². The number of aromatic nitrogens is 1. The first kappa shape index (κ1) is 13.4. The number of pyridine rings is 1. The molecule has 2 unspecified atom stereocenters. The second-order valence-electron chi connectivity index (χ2n) is 5.94. The summed E-state index contributed by atoms with van der Waals surface area (Å²) in [6.45, 7) is 3.92. The van der Waals surface area contributed by atoms with Crippen LogP contribution in [0.5, 0.6) is 0 Å². The maximum Gasteiger partial charge on any atom is 0.220 e. The van der Waals surface area contributed by atoms with Crippen molar-refractivity contribution in [2.45, 2.75) is 38.3 Å². The highest BCUT2D eigenvalue weighted by Gasteiger charge is 2.33. The molecule has 2 saturated heterocycles. The molecule has 108 valence electrons. The lowest BCUT2D eigenvalue weighted by molar-refractivity contribution is -0.124. The number of nitrogens with one attached hydrogen (secondary N) is 1. The van der Waals surface area contributed by atoms with Crippen molar-refractivity contribution in [2.24, 2.45) is 11.7 Å². The van der Waals surface area contributed by atoms with Crippen LogP contribution in [-0.2, 0) is 4.79 Å². The first-order chi connectivity index (χ1) is 9.63. The van der Waals surface area contributed by atoms with Gasteiger partial charge in [0, 0.05) is 31.6 Å². The van der Waals surface area contributed by atoms with Crippen LogP contribution >= 0.6 is 0 Å². The second kappa shape index (κ2) is 5.40. The van der Waals surface area contributed by atoms with Gasteiger partial charge >= 0.3 is 0 Å². The van der Waals surface area contributed by atoms with E-state index in [0.29, 0.717) is 18.4 Å². The fraction of sp³-hybridized carbons (Fsp3) is 0.600. The van der Waals surface area contributed by atoms with E-state index in [4.69, 9.17) is 5.73 Å². The fourth-order valence-corrected chi connectivity index (χ4v) is 3.20. The zero-order chi connectivity index (χ0) is 14.1. The predicted molar refractivity (Wildman–Crippen MR) is 78.3 cm³/mol. The average molecular weight is 274 g/mol. The van der Waals surface area contributed by atoms with Gasteiger partial charge in [-0.1, -0.05) is 0 Å². The number of nitrogens with two attached hydrogens (primary N) is 1. The maximum absolute atomic E-state index is 11.4. The minimum absolute atomic E-state index is 0.0247. The van der Waals surface area contributed by atoms with E-state index < -0.39 is 0 Å². The summed E-state index contributed by atoms with van der Waals surface area (Å²) in [7, 11) is 0. The van der Waals surface area contributed by atoms with Crippen LogP contribution in [0.3, 0.4) is 0 Å². The molecule has 1 amide bonds. The highest BCUT2D eigenvalue weighted by molar-refractivity contribution is 5.77. The standard InChI is InChI=1S/C15H22N4O/c1-10(16)13-4-3-12(8-17-13)19-7-6-14-11(9-19)2-5-15(20)18-14/h3-4,8,10-11,14H,2,5-7,9,16H2,1H3,(H,18,20)/t10-,11?,14?/m0/s1. The lowest BCUT2D eigenvalue weighted by Crippen LogP contribution is -2.54. The number of carbonyl (C=O) groups is 1. The third kappa shape index (κ3) is 2.63. The van der Waals surface area contributed by atoms with E-state index in [1.165, 1.54) is 0 Å². The predicted octanol–water partition coefficient (Wildman–Crippen LogP) is 1.21. The molecule has 0 bridgehead atoms. The molecule has 2 fully saturated rings. The van der Waals surface area contributed by atoms with Crippen LogP contribution < -0.4 is 16.0 Å². The van der Waals surface area contributed by atoms with Gasteiger partial charge in [-0.25, -0.2) is 0 Å². The summed E-state index contributed by atoms with van der Waals surface area (Å²) < 4.78 is 0. The van der Waals surface area contributed by atoms with Crippen molar-refractivity contribution >= 4 is 11.6 Å². The molecule has 2 aliphatic rings. The molecule has 0 aliphatic carbocycles. The van der Waals surface area contributed by atoms with Crippen molar-refractivity contribution in [3.8, 4) is 0 Å². The topological polar surface area (TPSA) is 71.2 Å². The summed E-state index contributed by atoms with van der Waals surface area (Å²) in [5.41, 5.74) is 7.91. The lowest BCUT2D eigenvalue weighted by atomic mass is 9.85. The Morgan fingerprint density at radius 1 is 1.45 bits per heavy atom. The Morgan fingerprint density at radius 3 is 3.00 bits per heavy atom. The van der Waals surface area contributed by atoms with Crippen LogP contribution in [0.15, 0.2) is 18.3 Å². The number of amides is 1. The largest absolute Gasteiger partial charge is 0.370 e. The third-order valence-electron chi connectivity index (χ3n) is 4.42. The van der Waals surface area contributed by atoms with Crippen LogP contribution in [0.25, 0.3) is 0 Å². The zero-order valence-corrected chi connectivity index (χ0v) is 11.9. The first-order valence-electron chi connectivity index (χ1n) is 7.39. The van der Waals surface area contributed by atoms with Crippen LogP contribution in [0.4, 0.5) is 5.69 Å². The minimum Gasteiger partial charge on any atom is -0.370 e. The molecular weight excluding hydrogens is 252 g/mol. The van der Waals surface area contributed by atoms with Gasteiger partial charge in [0.05, 0.1) is 17.6 Å². The number of piperidine rings is 2. The van der Waals surface area contributed by atoms with Gasteiger partial charge in [-0.3, -0.25) is 9.78 Å². The van der Waals surface area contributed by atoms with E-state index in [0.717, 1.165) is 37.3 Å². The molecule has 0 spiro atoms. The number of carbonyl (C=O) groups excluding carboxylic acids is 1. The molecular formula is C15H22N4O. The molecule has 5 heteroatoms. The molecule has 20 heavy (non-hydrogen) atoms. The minimum atomic E-state index is -0.0247. The Bertz CT molecular complexity index is 485. The summed E-state index contributed by atoms with van der Waals surface area (Å²) in [5.74, 6) is 0.775. The maximum atomic E-state index is 11.4. The molecule has 5 nitrogen and oxygen atoms in total. The number of hydrogen-bond donors (Lipinski definition) is 2. The molecule has 3 N–H and O–H groups in total. The summed E-state index contributed by atoms with van der Waals surface area (Å²) in [4.78, 5) is 18.2. The van der Waals surface area contributed by atoms with Crippen LogP contribution in [0.1, 0.15) is 37.9 Å². The summed E-state index contributed by atoms with van der Waals surface area (Å²) in [6, 6.07) is 4.45. The average Bonchev–Trinajstić information content (AvgIpc) is 2.47. The van der Waals surface area contributed by atoms with Gasteiger partial charge in [-0.05, 0) is 37.8 Å². The molecule has 1 aromatic rings. The molecule has 2 aliphatic heterocycles. The van der Waals surface area contributed by atoms with Crippen molar-refractivity contribution in [3.05, 3.63) is 24.0 Å². The summed E-state index contributed by atoms with van der Waals surface area (Å²) >= 11 is 0. The zero-order valence-electron chi connectivity index (χ0n) is 11.9. The molecule has 0 saturated carbocycles. The van der Waals surface area contributed by atoms with Crippen molar-refractivity contribution in [3.63, 3.8) is 0 Å². The normalized spacial score (nSPS) is 27.7. The monoisotopic (exact) mass is 274 g/mol. The second-order valence-corrected chi connectivity index (χ2v) is 5.94. The van der Waals surface area contributed by atoms with Crippen molar-refractivity contribution in [1.82, 2.24) is 10.3 Å². The van der Waals surface area contributed by atoms with Gasteiger partial charge in [0.2, 0.25) is 5.91 Å². The van der Waals surface area contributed by atoms with E-state index in [2.05, 4.69) is 21.3 Å². The molecule has 1 aromatic heterocycles. The molecule has 3 rings (SSSR count). The van der Waals surface area contributed by atoms with E-state index in [-0.39, 0.29) is 11.9 Å². The van der Waals surface area contributed by atoms with E-state index in [1.807, 2.05) is 19.2 Å². The Labute approximate surface area is 119 Å². The molecule has 0 radical (unpaired) electrons. The molecule has 3 atom stereocenters. The Hall–Kier alpha value is -1.62. The number of nitrogens with zero attached hydrogens (tertiary/aromatic N) is 2. The summed E-state index contributed by atoms with van der Waals surface area (Å²) in [5, 5.41) is 3.12. The van der Waals surface area contributed by atoms with Crippen molar-refractivity contribution in [2.75, 3.05) is 18.0 Å². The Kier molecular flexibility index (Phi) is 3.61. The van der Waals surface area contributed by atoms with Gasteiger partial charge in [-0.15, -0.1) is 0 Å². The SMILES string of the molecule is C[C@H](N)c1ccc(N2CCC3NC(=O)CCC3C2)cn1. The number of hydrogen-bond acceptors (Lipinski definition) is 4. The van der Waals surface area contributed by atoms with Crippen molar-refractivity contribution in [1.29, 1.82) is 0 Å². The van der Waals surface area contributed by atoms with Crippen molar-refractivity contribution < 1.29 is 4.79 Å². The van der Waals surface area contributed by atoms with Crippen LogP contribution in [0, 0.1) is 5.92 Å². The molecule has 3 heterocycles. The van der Waals surface area contributed by atoms with Gasteiger partial charge in [0.15, 0.2) is 0 Å². The number of rotatable bonds is 2. The lowest BCUT2D eigenvalue weighted by Gasteiger charge is -2.42. The first-order valence-corrected chi connectivity index (χ1v) is 7.39. The fourth-order valence-electron chi connectivity index (χ4n) is 3.20. The van der Waals surface area contributed by atoms with E-state index in [9.17, 15) is 4.79 Å². The highest BCUT2D eigenvalue weighted by Crippen LogP contribution is 2.28. The third-order valence-corrected chi connectivity index (χ3v) is 4.42. The number of anilines is 1.